The number of amides is 1. The van der Waals surface area contributed by atoms with Crippen molar-refractivity contribution in [2.45, 2.75) is 12.8 Å². The summed E-state index contributed by atoms with van der Waals surface area (Å²) < 4.78 is 54.2. The van der Waals surface area contributed by atoms with Gasteiger partial charge in [-0.2, -0.15) is 8.78 Å². The first kappa shape index (κ1) is 22.7. The van der Waals surface area contributed by atoms with E-state index in [4.69, 9.17) is 11.6 Å². The number of aromatic nitrogens is 2. The summed E-state index contributed by atoms with van der Waals surface area (Å²) in [5.74, 6) is -4.20. The minimum absolute atomic E-state index is 0.0735. The molecule has 0 fully saturated rings. The Morgan fingerprint density at radius 3 is 2.68 bits per heavy atom. The van der Waals surface area contributed by atoms with E-state index >= 15 is 0 Å². The van der Waals surface area contributed by atoms with Crippen LogP contribution in [0.3, 0.4) is 0 Å². The van der Waals surface area contributed by atoms with E-state index in [-0.39, 0.29) is 16.3 Å². The maximum Gasteiger partial charge on any atom is 0.290 e. The molecule has 2 heterocycles. The molecule has 1 aromatic carbocycles. The molecular weight excluding hydrogens is 450 g/mol. The number of hydrogen-bond acceptors (Lipinski definition) is 4. The fourth-order valence-corrected chi connectivity index (χ4v) is 3.68. The van der Waals surface area contributed by atoms with E-state index in [1.165, 1.54) is 18.3 Å². The van der Waals surface area contributed by atoms with Crippen LogP contribution in [0, 0.1) is 6.92 Å². The Bertz CT molecular complexity index is 1230. The van der Waals surface area contributed by atoms with Crippen molar-refractivity contribution < 1.29 is 22.0 Å². The number of halogens is 3. The first-order chi connectivity index (χ1) is 14.4. The van der Waals surface area contributed by atoms with Gasteiger partial charge in [-0.25, -0.2) is 8.42 Å². The van der Waals surface area contributed by atoms with Crippen LogP contribution in [0.25, 0.3) is 11.4 Å². The Labute approximate surface area is 182 Å². The molecule has 0 radical (unpaired) electrons. The number of H-pyrrole nitrogens is 1. The number of hydrogen-bond donors (Lipinski definition) is 3. The lowest BCUT2D eigenvalue weighted by molar-refractivity contribution is -0.00241. The lowest BCUT2D eigenvalue weighted by Crippen LogP contribution is -2.35. The average Bonchev–Trinajstić information content (AvgIpc) is 3.14. The molecule has 3 N–H and O–H groups in total. The first-order valence-electron chi connectivity index (χ1n) is 9.00. The van der Waals surface area contributed by atoms with Crippen LogP contribution in [-0.2, 0) is 15.9 Å². The highest BCUT2D eigenvalue weighted by atomic mass is 35.5. The van der Waals surface area contributed by atoms with E-state index in [1.807, 2.05) is 13.0 Å². The molecule has 2 aromatic heterocycles. The van der Waals surface area contributed by atoms with Crippen molar-refractivity contribution in [1.82, 2.24) is 15.3 Å². The van der Waals surface area contributed by atoms with E-state index in [9.17, 15) is 22.0 Å². The number of carbonyl (C=O) groups excluding carboxylic acids is 1. The minimum atomic E-state index is -3.67. The van der Waals surface area contributed by atoms with E-state index in [1.54, 1.807) is 12.3 Å². The number of rotatable bonds is 7. The van der Waals surface area contributed by atoms with Crippen LogP contribution in [0.5, 0.6) is 0 Å². The van der Waals surface area contributed by atoms with Crippen molar-refractivity contribution in [2.24, 2.45) is 0 Å². The van der Waals surface area contributed by atoms with Crippen LogP contribution < -0.4 is 10.0 Å². The molecule has 31 heavy (non-hydrogen) atoms. The lowest BCUT2D eigenvalue weighted by atomic mass is 10.1. The lowest BCUT2D eigenvalue weighted by Gasteiger charge is -2.19. The number of nitrogens with one attached hydrogen (secondary N) is 3. The van der Waals surface area contributed by atoms with Gasteiger partial charge in [-0.05, 0) is 42.8 Å². The molecule has 11 heteroatoms. The molecule has 1 amide bonds. The van der Waals surface area contributed by atoms with E-state index in [2.05, 4.69) is 20.0 Å². The second kappa shape index (κ2) is 8.64. The normalized spacial score (nSPS) is 11.9. The van der Waals surface area contributed by atoms with Crippen molar-refractivity contribution in [3.05, 3.63) is 70.5 Å². The zero-order valence-corrected chi connectivity index (χ0v) is 18.1. The molecule has 0 bridgehead atoms. The van der Waals surface area contributed by atoms with Gasteiger partial charge in [0.05, 0.1) is 35.4 Å². The van der Waals surface area contributed by atoms with Gasteiger partial charge in [0.2, 0.25) is 10.0 Å². The summed E-state index contributed by atoms with van der Waals surface area (Å²) in [4.78, 5) is 19.5. The molecule has 0 aliphatic carbocycles. The number of aromatic amines is 1. The largest absolute Gasteiger partial charge is 0.359 e. The van der Waals surface area contributed by atoms with Crippen LogP contribution in [-0.4, -0.2) is 37.1 Å². The molecule has 7 nitrogen and oxygen atoms in total. The zero-order chi connectivity index (χ0) is 22.8. The molecule has 0 saturated heterocycles. The Balaban J connectivity index is 1.73. The number of benzene rings is 1. The Morgan fingerprint density at radius 2 is 2.00 bits per heavy atom. The van der Waals surface area contributed by atoms with Crippen LogP contribution >= 0.6 is 11.6 Å². The quantitative estimate of drug-likeness (QED) is 0.488. The molecule has 0 unspecified atom stereocenters. The third-order valence-corrected chi connectivity index (χ3v) is 5.13. The van der Waals surface area contributed by atoms with Gasteiger partial charge in [0, 0.05) is 23.0 Å². The van der Waals surface area contributed by atoms with Gasteiger partial charge in [-0.15, -0.1) is 0 Å². The van der Waals surface area contributed by atoms with Gasteiger partial charge in [0.1, 0.15) is 0 Å². The average molecular weight is 469 g/mol. The maximum absolute atomic E-state index is 14.7. The van der Waals surface area contributed by atoms with Crippen LogP contribution in [0.2, 0.25) is 5.02 Å². The van der Waals surface area contributed by atoms with Crippen molar-refractivity contribution in [3.63, 3.8) is 0 Å². The summed E-state index contributed by atoms with van der Waals surface area (Å²) in [6.07, 6.45) is 3.91. The fraction of sp³-hybridized carbons (Fsp3) is 0.200. The van der Waals surface area contributed by atoms with Crippen molar-refractivity contribution in [2.75, 3.05) is 17.5 Å². The first-order valence-corrected chi connectivity index (χ1v) is 11.3. The molecule has 0 saturated carbocycles. The van der Waals surface area contributed by atoms with Gasteiger partial charge in [-0.3, -0.25) is 14.5 Å². The monoisotopic (exact) mass is 468 g/mol. The summed E-state index contributed by atoms with van der Waals surface area (Å²) in [5, 5.41) is 2.12. The highest BCUT2D eigenvalue weighted by Crippen LogP contribution is 2.32. The van der Waals surface area contributed by atoms with E-state index in [0.29, 0.717) is 11.4 Å². The van der Waals surface area contributed by atoms with Gasteiger partial charge in [-0.1, -0.05) is 17.7 Å². The third kappa shape index (κ3) is 5.80. The standard InChI is InChI=1S/C20H19ClF2N4O3S/c1-12-4-3-5-24-18(12)17-6-13(10-25-17)19(28)26-11-20(22,23)14-7-15(21)9-16(8-14)27-31(2,29)30/h3-10,25,27H,11H2,1-2H3,(H,26,28). The highest BCUT2D eigenvalue weighted by Gasteiger charge is 2.33. The predicted molar refractivity (Wildman–Crippen MR) is 115 cm³/mol. The van der Waals surface area contributed by atoms with E-state index in [0.717, 1.165) is 24.0 Å². The number of pyridine rings is 1. The fourth-order valence-electron chi connectivity index (χ4n) is 2.90. The van der Waals surface area contributed by atoms with E-state index < -0.39 is 34.0 Å². The van der Waals surface area contributed by atoms with Gasteiger partial charge in [0.25, 0.3) is 11.8 Å². The maximum atomic E-state index is 14.7. The Kier molecular flexibility index (Phi) is 6.33. The summed E-state index contributed by atoms with van der Waals surface area (Å²) >= 11 is 5.85. The van der Waals surface area contributed by atoms with Gasteiger partial charge in [0.15, 0.2) is 0 Å². The number of aryl methyl sites for hydroxylation is 1. The smallest absolute Gasteiger partial charge is 0.290 e. The molecule has 0 aliphatic rings. The van der Waals surface area contributed by atoms with Crippen molar-refractivity contribution in [3.8, 4) is 11.4 Å². The topological polar surface area (TPSA) is 104 Å². The minimum Gasteiger partial charge on any atom is -0.359 e. The Hall–Kier alpha value is -2.98. The number of nitrogens with zero attached hydrogens (tertiary/aromatic N) is 1. The summed E-state index contributed by atoms with van der Waals surface area (Å²) in [5.41, 5.74) is 1.66. The summed E-state index contributed by atoms with van der Waals surface area (Å²) in [7, 11) is -3.67. The number of carbonyl (C=O) groups is 1. The molecule has 3 aromatic rings. The predicted octanol–water partition coefficient (Wildman–Crippen LogP) is 3.93. The number of alkyl halides is 2. The SMILES string of the molecule is Cc1cccnc1-c1cc(C(=O)NCC(F)(F)c2cc(Cl)cc(NS(C)(=O)=O)c2)c[nH]1. The van der Waals surface area contributed by atoms with Crippen molar-refractivity contribution in [1.29, 1.82) is 0 Å². The molecule has 0 atom stereocenters. The van der Waals surface area contributed by atoms with Crippen LogP contribution in [0.1, 0.15) is 21.5 Å². The number of sulfonamides is 1. The molecular formula is C20H19ClF2N4O3S. The summed E-state index contributed by atoms with van der Waals surface area (Å²) in [6.45, 7) is 0.856. The third-order valence-electron chi connectivity index (χ3n) is 4.30. The van der Waals surface area contributed by atoms with Crippen LogP contribution in [0.4, 0.5) is 14.5 Å². The second-order valence-corrected chi connectivity index (χ2v) is 9.15. The molecule has 0 aliphatic heterocycles. The van der Waals surface area contributed by atoms with Crippen molar-refractivity contribution >= 4 is 33.2 Å². The summed E-state index contributed by atoms with van der Waals surface area (Å²) in [6, 6.07) is 8.36. The molecule has 0 spiro atoms. The molecule has 3 rings (SSSR count). The number of anilines is 1. The van der Waals surface area contributed by atoms with Gasteiger partial charge < -0.3 is 10.3 Å². The van der Waals surface area contributed by atoms with Crippen LogP contribution in [0.15, 0.2) is 48.8 Å². The highest BCUT2D eigenvalue weighted by molar-refractivity contribution is 7.92. The van der Waals surface area contributed by atoms with Gasteiger partial charge >= 0.3 is 0 Å². The molecule has 164 valence electrons. The second-order valence-electron chi connectivity index (χ2n) is 6.96. The Morgan fingerprint density at radius 1 is 1.26 bits per heavy atom. The zero-order valence-electron chi connectivity index (χ0n) is 16.5.